The monoisotopic (exact) mass is 515 g/mol. The number of nitrogens with one attached hydrogen (secondary N) is 2. The molecule has 0 saturated heterocycles. The van der Waals surface area contributed by atoms with E-state index in [1.165, 1.54) is 6.21 Å². The minimum atomic E-state index is -0.899. The quantitative estimate of drug-likeness (QED) is 0.130. The number of anilines is 1. The van der Waals surface area contributed by atoms with Crippen molar-refractivity contribution < 1.29 is 19.1 Å². The molecule has 2 N–H and O–H groups in total. The van der Waals surface area contributed by atoms with E-state index in [1.54, 1.807) is 54.6 Å². The molecule has 0 aliphatic rings. The summed E-state index contributed by atoms with van der Waals surface area (Å²) in [4.78, 5) is 36.6. The van der Waals surface area contributed by atoms with E-state index in [0.29, 0.717) is 22.6 Å². The summed E-state index contributed by atoms with van der Waals surface area (Å²) in [5.41, 5.74) is 3.80. The van der Waals surface area contributed by atoms with Crippen molar-refractivity contribution in [3.05, 3.63) is 107 Å². The molecule has 0 aromatic heterocycles. The predicted molar refractivity (Wildman–Crippen MR) is 134 cm³/mol. The molecule has 0 aliphatic heterocycles. The lowest BCUT2D eigenvalue weighted by Gasteiger charge is -2.07. The zero-order valence-electron chi connectivity index (χ0n) is 17.7. The van der Waals surface area contributed by atoms with Crippen LogP contribution in [0.1, 0.15) is 15.9 Å². The molecule has 2 amide bonds. The summed E-state index contributed by atoms with van der Waals surface area (Å²) in [5, 5.41) is 8.19. The number of hydrogen-bond donors (Lipinski definition) is 2. The highest BCUT2D eigenvalue weighted by molar-refractivity contribution is 9.10. The number of hydrogen-bond acceptors (Lipinski definition) is 5. The summed E-state index contributed by atoms with van der Waals surface area (Å²) in [6.45, 7) is 0. The van der Waals surface area contributed by atoms with E-state index < -0.39 is 17.8 Å². The Morgan fingerprint density at radius 1 is 0.824 bits per heavy atom. The van der Waals surface area contributed by atoms with Crippen molar-refractivity contribution in [2.75, 3.05) is 5.32 Å². The van der Waals surface area contributed by atoms with Gasteiger partial charge in [-0.25, -0.2) is 10.2 Å². The van der Waals surface area contributed by atoms with E-state index in [9.17, 15) is 14.4 Å². The molecule has 8 heteroatoms. The number of benzene rings is 4. The summed E-state index contributed by atoms with van der Waals surface area (Å²) in [7, 11) is 0. The van der Waals surface area contributed by atoms with Gasteiger partial charge in [-0.2, -0.15) is 5.10 Å². The van der Waals surface area contributed by atoms with Gasteiger partial charge in [0, 0.05) is 15.5 Å². The number of ether oxygens (including phenoxy) is 1. The first-order valence-corrected chi connectivity index (χ1v) is 11.0. The van der Waals surface area contributed by atoms with Crippen LogP contribution in [-0.4, -0.2) is 24.0 Å². The lowest BCUT2D eigenvalue weighted by atomic mass is 10.1. The molecule has 0 radical (unpaired) electrons. The summed E-state index contributed by atoms with van der Waals surface area (Å²) in [6.07, 6.45) is 1.38. The van der Waals surface area contributed by atoms with Crippen LogP contribution in [0.25, 0.3) is 10.8 Å². The van der Waals surface area contributed by atoms with Gasteiger partial charge in [-0.1, -0.05) is 58.4 Å². The third kappa shape index (κ3) is 5.73. The molecule has 0 spiro atoms. The topological polar surface area (TPSA) is 96.9 Å². The van der Waals surface area contributed by atoms with Crippen molar-refractivity contribution in [2.45, 2.75) is 0 Å². The average molecular weight is 516 g/mol. The maximum atomic E-state index is 12.2. The normalized spacial score (nSPS) is 10.7. The predicted octanol–water partition coefficient (Wildman–Crippen LogP) is 4.91. The van der Waals surface area contributed by atoms with Gasteiger partial charge in [0.2, 0.25) is 0 Å². The van der Waals surface area contributed by atoms with Gasteiger partial charge >= 0.3 is 17.8 Å². The number of carbonyl (C=O) groups is 3. The largest absolute Gasteiger partial charge is 0.423 e. The molecule has 0 atom stereocenters. The van der Waals surface area contributed by atoms with E-state index in [-0.39, 0.29) is 0 Å². The molecular weight excluding hydrogens is 498 g/mol. The number of fused-ring (bicyclic) bond motifs is 1. The van der Waals surface area contributed by atoms with Crippen molar-refractivity contribution in [3.8, 4) is 5.75 Å². The van der Waals surface area contributed by atoms with Gasteiger partial charge in [0.05, 0.1) is 11.8 Å². The molecule has 4 aromatic rings. The number of nitrogens with zero attached hydrogens (tertiary/aromatic N) is 1. The number of rotatable bonds is 5. The summed E-state index contributed by atoms with van der Waals surface area (Å²) < 4.78 is 6.12. The molecule has 168 valence electrons. The minimum Gasteiger partial charge on any atom is -0.423 e. The fraction of sp³-hybridized carbons (Fsp3) is 0. The van der Waals surface area contributed by atoms with Crippen molar-refractivity contribution in [1.82, 2.24) is 5.43 Å². The van der Waals surface area contributed by atoms with Crippen molar-refractivity contribution >= 4 is 56.4 Å². The second-order valence-electron chi connectivity index (χ2n) is 7.15. The fourth-order valence-corrected chi connectivity index (χ4v) is 3.53. The van der Waals surface area contributed by atoms with Crippen molar-refractivity contribution in [1.29, 1.82) is 0 Å². The second-order valence-corrected chi connectivity index (χ2v) is 8.06. The van der Waals surface area contributed by atoms with Crippen LogP contribution >= 0.6 is 15.9 Å². The number of amides is 2. The van der Waals surface area contributed by atoms with Crippen molar-refractivity contribution in [3.63, 3.8) is 0 Å². The zero-order chi connectivity index (χ0) is 23.9. The minimum absolute atomic E-state index is 0.362. The van der Waals surface area contributed by atoms with Gasteiger partial charge < -0.3 is 10.1 Å². The summed E-state index contributed by atoms with van der Waals surface area (Å²) in [6, 6.07) is 26.4. The van der Waals surface area contributed by atoms with Crippen LogP contribution in [0.5, 0.6) is 5.75 Å². The van der Waals surface area contributed by atoms with Gasteiger partial charge in [-0.15, -0.1) is 0 Å². The first kappa shape index (κ1) is 22.9. The standard InChI is InChI=1S/C26H18BrN3O4/c27-20-8-3-7-19(15-20)26(33)34-21-13-11-17(12-14-21)16-28-30-25(32)24(31)29-23-10-4-6-18-5-1-2-9-22(18)23/h1-16H,(H,29,31)(H,30,32)/b28-16-. The van der Waals surface area contributed by atoms with E-state index in [0.717, 1.165) is 15.2 Å². The van der Waals surface area contributed by atoms with E-state index in [1.807, 2.05) is 36.4 Å². The lowest BCUT2D eigenvalue weighted by Crippen LogP contribution is -2.32. The van der Waals surface area contributed by atoms with E-state index in [4.69, 9.17) is 4.74 Å². The molecule has 0 bridgehead atoms. The Bertz CT molecular complexity index is 1400. The first-order chi connectivity index (χ1) is 16.5. The summed E-state index contributed by atoms with van der Waals surface area (Å²) >= 11 is 3.32. The Kier molecular flexibility index (Phi) is 7.10. The van der Waals surface area contributed by atoms with Crippen LogP contribution in [0.3, 0.4) is 0 Å². The Morgan fingerprint density at radius 2 is 1.56 bits per heavy atom. The summed E-state index contributed by atoms with van der Waals surface area (Å²) in [5.74, 6) is -1.85. The van der Waals surface area contributed by atoms with Gasteiger partial charge in [0.15, 0.2) is 0 Å². The maximum absolute atomic E-state index is 12.2. The van der Waals surface area contributed by atoms with Gasteiger partial charge in [-0.3, -0.25) is 9.59 Å². The van der Waals surface area contributed by atoms with Gasteiger partial charge in [0.25, 0.3) is 0 Å². The van der Waals surface area contributed by atoms with E-state index >= 15 is 0 Å². The zero-order valence-corrected chi connectivity index (χ0v) is 19.3. The molecule has 34 heavy (non-hydrogen) atoms. The lowest BCUT2D eigenvalue weighted by molar-refractivity contribution is -0.136. The smallest absolute Gasteiger partial charge is 0.343 e. The van der Waals surface area contributed by atoms with Crippen LogP contribution < -0.4 is 15.5 Å². The van der Waals surface area contributed by atoms with Crippen LogP contribution in [0.2, 0.25) is 0 Å². The van der Waals surface area contributed by atoms with Gasteiger partial charge in [-0.05, 0) is 59.5 Å². The highest BCUT2D eigenvalue weighted by Crippen LogP contribution is 2.22. The number of carbonyl (C=O) groups excluding carboxylic acids is 3. The molecule has 7 nitrogen and oxygen atoms in total. The molecule has 4 aromatic carbocycles. The molecule has 4 rings (SSSR count). The highest BCUT2D eigenvalue weighted by Gasteiger charge is 2.14. The molecule has 0 aliphatic carbocycles. The first-order valence-electron chi connectivity index (χ1n) is 10.2. The Labute approximate surface area is 203 Å². The van der Waals surface area contributed by atoms with Gasteiger partial charge in [0.1, 0.15) is 5.75 Å². The van der Waals surface area contributed by atoms with Crippen LogP contribution in [0, 0.1) is 0 Å². The molecular formula is C26H18BrN3O4. The van der Waals surface area contributed by atoms with Crippen LogP contribution in [-0.2, 0) is 9.59 Å². The SMILES string of the molecule is O=C(N/N=C\c1ccc(OC(=O)c2cccc(Br)c2)cc1)C(=O)Nc1cccc2ccccc12. The third-order valence-electron chi connectivity index (χ3n) is 4.77. The highest BCUT2D eigenvalue weighted by atomic mass is 79.9. The molecule has 0 fully saturated rings. The number of hydrazone groups is 1. The fourth-order valence-electron chi connectivity index (χ4n) is 3.13. The molecule has 0 unspecified atom stereocenters. The Hall–Kier alpha value is -4.30. The maximum Gasteiger partial charge on any atom is 0.343 e. The Morgan fingerprint density at radius 3 is 2.35 bits per heavy atom. The third-order valence-corrected chi connectivity index (χ3v) is 5.27. The van der Waals surface area contributed by atoms with Crippen LogP contribution in [0.4, 0.5) is 5.69 Å². The average Bonchev–Trinajstić information content (AvgIpc) is 2.85. The van der Waals surface area contributed by atoms with Crippen LogP contribution in [0.15, 0.2) is 101 Å². The van der Waals surface area contributed by atoms with E-state index in [2.05, 4.69) is 31.8 Å². The molecule has 0 saturated carbocycles. The Balaban J connectivity index is 1.31. The number of halogens is 1. The number of esters is 1. The second kappa shape index (κ2) is 10.5. The van der Waals surface area contributed by atoms with Crippen molar-refractivity contribution in [2.24, 2.45) is 5.10 Å². The molecule has 0 heterocycles.